The van der Waals surface area contributed by atoms with E-state index in [0.29, 0.717) is 16.7 Å². The second-order valence-electron chi connectivity index (χ2n) is 6.48. The van der Waals surface area contributed by atoms with Gasteiger partial charge in [-0.25, -0.2) is 0 Å². The van der Waals surface area contributed by atoms with E-state index in [-0.39, 0.29) is 28.4 Å². The molecule has 0 radical (unpaired) electrons. The number of benzene rings is 3. The van der Waals surface area contributed by atoms with Gasteiger partial charge >= 0.3 is 0 Å². The summed E-state index contributed by atoms with van der Waals surface area (Å²) in [6.07, 6.45) is 3.63. The predicted octanol–water partition coefficient (Wildman–Crippen LogP) is 4.86. The maximum absolute atomic E-state index is 12.8. The van der Waals surface area contributed by atoms with Crippen LogP contribution in [-0.4, -0.2) is 16.0 Å². The molecule has 1 aliphatic carbocycles. The minimum Gasteiger partial charge on any atom is -0.507 e. The molecule has 0 heterocycles. The average molecular weight is 354 g/mol. The van der Waals surface area contributed by atoms with Crippen LogP contribution in [0.3, 0.4) is 0 Å². The van der Waals surface area contributed by atoms with Crippen molar-refractivity contribution < 1.29 is 15.0 Å². The fraction of sp³-hybridized carbons (Fsp3) is 0.0833. The Balaban J connectivity index is 1.80. The van der Waals surface area contributed by atoms with E-state index < -0.39 is 0 Å². The number of fused-ring (bicyclic) bond motifs is 2. The van der Waals surface area contributed by atoms with Crippen molar-refractivity contribution in [2.45, 2.75) is 12.8 Å². The molecule has 3 aromatic carbocycles. The van der Waals surface area contributed by atoms with Gasteiger partial charge in [0.15, 0.2) is 0 Å². The van der Waals surface area contributed by atoms with Crippen molar-refractivity contribution in [3.05, 3.63) is 106 Å². The Morgan fingerprint density at radius 3 is 1.96 bits per heavy atom. The van der Waals surface area contributed by atoms with Gasteiger partial charge in [-0.1, -0.05) is 54.6 Å². The van der Waals surface area contributed by atoms with Gasteiger partial charge in [-0.3, -0.25) is 4.79 Å². The molecule has 3 aromatic rings. The zero-order valence-electron chi connectivity index (χ0n) is 14.6. The minimum atomic E-state index is -0.369. The van der Waals surface area contributed by atoms with Gasteiger partial charge in [-0.15, -0.1) is 5.73 Å². The summed E-state index contributed by atoms with van der Waals surface area (Å²) in [5.74, 6) is -0.545. The first kappa shape index (κ1) is 16.9. The van der Waals surface area contributed by atoms with Crippen molar-refractivity contribution >= 4 is 11.4 Å². The molecule has 0 saturated heterocycles. The largest absolute Gasteiger partial charge is 0.507 e. The Bertz CT molecular complexity index is 1030. The Labute approximate surface area is 157 Å². The van der Waals surface area contributed by atoms with Crippen LogP contribution in [-0.2, 0) is 6.42 Å². The van der Waals surface area contributed by atoms with Gasteiger partial charge in [-0.2, -0.15) is 0 Å². The highest BCUT2D eigenvalue weighted by Crippen LogP contribution is 2.41. The van der Waals surface area contributed by atoms with E-state index in [1.165, 1.54) is 17.7 Å². The molecule has 0 fully saturated rings. The number of rotatable bonds is 3. The third-order valence-corrected chi connectivity index (χ3v) is 4.74. The summed E-state index contributed by atoms with van der Waals surface area (Å²) in [4.78, 5) is 12.8. The summed E-state index contributed by atoms with van der Waals surface area (Å²) in [6, 6.07) is 20.2. The molecule has 27 heavy (non-hydrogen) atoms. The van der Waals surface area contributed by atoms with Crippen molar-refractivity contribution in [3.63, 3.8) is 0 Å². The number of aryl methyl sites for hydroxylation is 1. The monoisotopic (exact) mass is 354 g/mol. The standard InChI is InChI=1S/C24H18O3/c25-20-14-6-12-18-17(11-5-4-10-16-8-2-1-3-9-16)19-13-7-15-21(26)23(19)24(27)22(18)20/h1-3,5-9,12-15,25-26H,4,10H2. The quantitative estimate of drug-likeness (QED) is 0.517. The minimum absolute atomic E-state index is 0.0880. The first-order valence-corrected chi connectivity index (χ1v) is 8.85. The van der Waals surface area contributed by atoms with Crippen molar-refractivity contribution in [2.24, 2.45) is 0 Å². The first-order valence-electron chi connectivity index (χ1n) is 8.85. The summed E-state index contributed by atoms with van der Waals surface area (Å²) in [5.41, 5.74) is 6.94. The van der Waals surface area contributed by atoms with Gasteiger partial charge in [0, 0.05) is 16.7 Å². The van der Waals surface area contributed by atoms with E-state index in [2.05, 4.69) is 17.9 Å². The lowest BCUT2D eigenvalue weighted by atomic mass is 9.81. The highest BCUT2D eigenvalue weighted by molar-refractivity contribution is 6.21. The summed E-state index contributed by atoms with van der Waals surface area (Å²) in [5, 5.41) is 20.5. The molecule has 0 saturated carbocycles. The third kappa shape index (κ3) is 3.05. The topological polar surface area (TPSA) is 57.5 Å². The smallest absolute Gasteiger partial charge is 0.201 e. The van der Waals surface area contributed by atoms with Gasteiger partial charge < -0.3 is 10.2 Å². The van der Waals surface area contributed by atoms with Crippen molar-refractivity contribution in [3.8, 4) is 11.5 Å². The molecule has 0 unspecified atom stereocenters. The van der Waals surface area contributed by atoms with Crippen LogP contribution >= 0.6 is 0 Å². The zero-order chi connectivity index (χ0) is 18.8. The molecule has 1 aliphatic rings. The van der Waals surface area contributed by atoms with Crippen molar-refractivity contribution in [1.29, 1.82) is 0 Å². The van der Waals surface area contributed by atoms with E-state index in [1.807, 2.05) is 24.3 Å². The van der Waals surface area contributed by atoms with Crippen molar-refractivity contribution in [2.75, 3.05) is 0 Å². The van der Waals surface area contributed by atoms with Crippen LogP contribution in [0.5, 0.6) is 11.5 Å². The molecule has 0 atom stereocenters. The second kappa shape index (κ2) is 6.99. The van der Waals surface area contributed by atoms with Crippen LogP contribution in [0.1, 0.15) is 39.0 Å². The Hall–Kier alpha value is -3.55. The number of carbonyl (C=O) groups excluding carboxylic acids is 1. The highest BCUT2D eigenvalue weighted by Gasteiger charge is 2.31. The molecular formula is C24H18O3. The maximum atomic E-state index is 12.8. The second-order valence-corrected chi connectivity index (χ2v) is 6.48. The summed E-state index contributed by atoms with van der Waals surface area (Å²) in [7, 11) is 0. The first-order chi connectivity index (χ1) is 13.2. The van der Waals surface area contributed by atoms with Crippen LogP contribution in [0.25, 0.3) is 5.57 Å². The van der Waals surface area contributed by atoms with E-state index in [0.717, 1.165) is 12.8 Å². The Morgan fingerprint density at radius 1 is 0.778 bits per heavy atom. The number of ketones is 1. The van der Waals surface area contributed by atoms with Crippen LogP contribution in [0.4, 0.5) is 0 Å². The maximum Gasteiger partial charge on any atom is 0.201 e. The molecule has 0 bridgehead atoms. The number of carbonyl (C=O) groups is 1. The molecule has 0 amide bonds. The lowest BCUT2D eigenvalue weighted by Crippen LogP contribution is -2.14. The van der Waals surface area contributed by atoms with E-state index in [9.17, 15) is 15.0 Å². The summed E-state index contributed by atoms with van der Waals surface area (Å²) >= 11 is 0. The normalized spacial score (nSPS) is 12.1. The number of hydrogen-bond donors (Lipinski definition) is 2. The molecule has 3 nitrogen and oxygen atoms in total. The molecule has 0 aliphatic heterocycles. The molecule has 0 aromatic heterocycles. The van der Waals surface area contributed by atoms with E-state index in [1.54, 1.807) is 24.3 Å². The van der Waals surface area contributed by atoms with Gasteiger partial charge in [-0.05, 0) is 36.6 Å². The Morgan fingerprint density at radius 2 is 1.37 bits per heavy atom. The average Bonchev–Trinajstić information content (AvgIpc) is 2.68. The van der Waals surface area contributed by atoms with E-state index >= 15 is 0 Å². The molecule has 4 rings (SSSR count). The molecular weight excluding hydrogens is 336 g/mol. The number of phenolic OH excluding ortho intramolecular Hbond substituents is 2. The number of phenols is 2. The van der Waals surface area contributed by atoms with Crippen LogP contribution < -0.4 is 0 Å². The number of allylic oxidation sites excluding steroid dienone is 1. The van der Waals surface area contributed by atoms with Gasteiger partial charge in [0.2, 0.25) is 5.78 Å². The van der Waals surface area contributed by atoms with Gasteiger partial charge in [0.05, 0.1) is 11.1 Å². The third-order valence-electron chi connectivity index (χ3n) is 4.74. The van der Waals surface area contributed by atoms with Crippen LogP contribution in [0.2, 0.25) is 0 Å². The zero-order valence-corrected chi connectivity index (χ0v) is 14.6. The molecule has 2 N–H and O–H groups in total. The molecule has 0 spiro atoms. The van der Waals surface area contributed by atoms with Crippen LogP contribution in [0, 0.1) is 0 Å². The van der Waals surface area contributed by atoms with E-state index in [4.69, 9.17) is 0 Å². The van der Waals surface area contributed by atoms with Gasteiger partial charge in [0.1, 0.15) is 11.5 Å². The summed E-state index contributed by atoms with van der Waals surface area (Å²) in [6.45, 7) is 0. The van der Waals surface area contributed by atoms with Crippen LogP contribution in [0.15, 0.2) is 78.5 Å². The number of hydrogen-bond acceptors (Lipinski definition) is 3. The Kier molecular flexibility index (Phi) is 4.37. The van der Waals surface area contributed by atoms with Crippen molar-refractivity contribution in [1.82, 2.24) is 0 Å². The lowest BCUT2D eigenvalue weighted by Gasteiger charge is -2.21. The summed E-state index contributed by atoms with van der Waals surface area (Å²) < 4.78 is 0. The SMILES string of the molecule is O=C1c2c(O)cccc2C(=C=CCCc2ccccc2)c2cccc(O)c21. The molecule has 132 valence electrons. The predicted molar refractivity (Wildman–Crippen MR) is 105 cm³/mol. The fourth-order valence-electron chi connectivity index (χ4n) is 3.46. The molecule has 3 heteroatoms. The lowest BCUT2D eigenvalue weighted by molar-refractivity contribution is 0.103. The fourth-order valence-corrected chi connectivity index (χ4v) is 3.46. The van der Waals surface area contributed by atoms with Gasteiger partial charge in [0.25, 0.3) is 0 Å². The highest BCUT2D eigenvalue weighted by atomic mass is 16.3. The number of aromatic hydroxyl groups is 2.